The quantitative estimate of drug-likeness (QED) is 0.611. The van der Waals surface area contributed by atoms with Crippen LogP contribution < -0.4 is 9.46 Å². The molecule has 1 fully saturated rings. The highest BCUT2D eigenvalue weighted by molar-refractivity contribution is 7.89. The van der Waals surface area contributed by atoms with Crippen LogP contribution in [-0.2, 0) is 23.0 Å². The van der Waals surface area contributed by atoms with Gasteiger partial charge in [0.25, 0.3) is 5.91 Å². The van der Waals surface area contributed by atoms with Crippen LogP contribution in [0.2, 0.25) is 5.02 Å². The highest BCUT2D eigenvalue weighted by atomic mass is 35.5. The van der Waals surface area contributed by atoms with Crippen molar-refractivity contribution in [1.82, 2.24) is 14.6 Å². The molecule has 162 valence electrons. The van der Waals surface area contributed by atoms with Gasteiger partial charge < -0.3 is 14.6 Å². The zero-order valence-electron chi connectivity index (χ0n) is 16.9. The van der Waals surface area contributed by atoms with Crippen molar-refractivity contribution in [3.05, 3.63) is 58.2 Å². The molecule has 1 aliphatic heterocycles. The number of ether oxygens (including phenoxy) is 1. The molecule has 7 nitrogen and oxygen atoms in total. The second kappa shape index (κ2) is 7.55. The summed E-state index contributed by atoms with van der Waals surface area (Å²) in [4.78, 5) is 18.4. The lowest BCUT2D eigenvalue weighted by Gasteiger charge is -2.27. The SMILES string of the molecule is COc1ccc(C(=O)N2CCc3[nH]c4ccc(Cl)cc4c3C2)cc1S(=O)(=O)NC1CC1. The van der Waals surface area contributed by atoms with E-state index in [-0.39, 0.29) is 22.6 Å². The molecule has 0 atom stereocenters. The molecule has 31 heavy (non-hydrogen) atoms. The van der Waals surface area contributed by atoms with Crippen molar-refractivity contribution in [3.8, 4) is 5.75 Å². The molecule has 2 aromatic carbocycles. The molecular formula is C22H22ClN3O4S. The number of aromatic amines is 1. The Kier molecular flexibility index (Phi) is 4.96. The van der Waals surface area contributed by atoms with Crippen LogP contribution in [0.1, 0.15) is 34.5 Å². The zero-order valence-corrected chi connectivity index (χ0v) is 18.5. The van der Waals surface area contributed by atoms with Crippen LogP contribution in [0.15, 0.2) is 41.3 Å². The summed E-state index contributed by atoms with van der Waals surface area (Å²) in [5.74, 6) is 0.00412. The number of aromatic nitrogens is 1. The van der Waals surface area contributed by atoms with Gasteiger partial charge in [-0.05, 0) is 49.2 Å². The smallest absolute Gasteiger partial charge is 0.254 e. The monoisotopic (exact) mass is 459 g/mol. The number of nitrogens with one attached hydrogen (secondary N) is 2. The largest absolute Gasteiger partial charge is 0.495 e. The van der Waals surface area contributed by atoms with E-state index < -0.39 is 10.0 Å². The molecule has 0 unspecified atom stereocenters. The molecule has 1 aromatic heterocycles. The van der Waals surface area contributed by atoms with Gasteiger partial charge in [0.15, 0.2) is 0 Å². The van der Waals surface area contributed by atoms with Crippen LogP contribution in [0.25, 0.3) is 10.9 Å². The average molecular weight is 460 g/mol. The number of rotatable bonds is 5. The second-order valence-electron chi connectivity index (χ2n) is 8.01. The standard InChI is InChI=1S/C22H22ClN3O4S/c1-30-20-7-2-13(10-21(20)31(28,29)25-15-4-5-15)22(27)26-9-8-19-17(12-26)16-11-14(23)3-6-18(16)24-19/h2-3,6-7,10-11,15,24-25H,4-5,8-9,12H2,1H3. The first-order chi connectivity index (χ1) is 14.9. The maximum Gasteiger partial charge on any atom is 0.254 e. The Bertz CT molecular complexity index is 1300. The molecule has 0 saturated heterocycles. The van der Waals surface area contributed by atoms with Crippen molar-refractivity contribution in [2.24, 2.45) is 0 Å². The average Bonchev–Trinajstić information content (AvgIpc) is 3.50. The van der Waals surface area contributed by atoms with Crippen molar-refractivity contribution in [2.75, 3.05) is 13.7 Å². The number of carbonyl (C=O) groups is 1. The summed E-state index contributed by atoms with van der Waals surface area (Å²) in [6.07, 6.45) is 2.34. The van der Waals surface area contributed by atoms with Gasteiger partial charge in [-0.1, -0.05) is 11.6 Å². The summed E-state index contributed by atoms with van der Waals surface area (Å²) in [5, 5.41) is 1.65. The van der Waals surface area contributed by atoms with E-state index in [4.69, 9.17) is 16.3 Å². The van der Waals surface area contributed by atoms with Crippen LogP contribution >= 0.6 is 11.6 Å². The van der Waals surface area contributed by atoms with Crippen LogP contribution in [-0.4, -0.2) is 43.9 Å². The van der Waals surface area contributed by atoms with Gasteiger partial charge in [0, 0.05) is 58.3 Å². The fourth-order valence-electron chi connectivity index (χ4n) is 4.05. The molecule has 0 spiro atoms. The summed E-state index contributed by atoms with van der Waals surface area (Å²) < 4.78 is 33.5. The lowest BCUT2D eigenvalue weighted by Crippen LogP contribution is -2.36. The summed E-state index contributed by atoms with van der Waals surface area (Å²) in [6.45, 7) is 0.976. The highest BCUT2D eigenvalue weighted by Crippen LogP contribution is 2.32. The minimum absolute atomic E-state index is 0.00988. The number of fused-ring (bicyclic) bond motifs is 3. The van der Waals surface area contributed by atoms with Crippen molar-refractivity contribution in [2.45, 2.75) is 36.7 Å². The number of hydrogen-bond donors (Lipinski definition) is 2. The Morgan fingerprint density at radius 2 is 2.03 bits per heavy atom. The second-order valence-corrected chi connectivity index (χ2v) is 10.1. The first kappa shape index (κ1) is 20.4. The number of sulfonamides is 1. The van der Waals surface area contributed by atoms with Crippen LogP contribution in [0, 0.1) is 0 Å². The van der Waals surface area contributed by atoms with Crippen molar-refractivity contribution in [1.29, 1.82) is 0 Å². The lowest BCUT2D eigenvalue weighted by atomic mass is 10.0. The topological polar surface area (TPSA) is 91.5 Å². The third kappa shape index (κ3) is 3.79. The molecule has 1 aliphatic carbocycles. The number of nitrogens with zero attached hydrogens (tertiary/aromatic N) is 1. The number of halogens is 1. The molecule has 9 heteroatoms. The Labute approximate surface area is 185 Å². The van der Waals surface area contributed by atoms with Crippen LogP contribution in [0.3, 0.4) is 0 Å². The molecule has 0 bridgehead atoms. The number of carbonyl (C=O) groups excluding carboxylic acids is 1. The summed E-state index contributed by atoms with van der Waals surface area (Å²) in [5.41, 5.74) is 3.47. The Morgan fingerprint density at radius 3 is 2.77 bits per heavy atom. The lowest BCUT2D eigenvalue weighted by molar-refractivity contribution is 0.0735. The van der Waals surface area contributed by atoms with Gasteiger partial charge in [0.1, 0.15) is 10.6 Å². The van der Waals surface area contributed by atoms with E-state index in [1.807, 2.05) is 18.2 Å². The summed E-state index contributed by atoms with van der Waals surface area (Å²) >= 11 is 6.17. The third-order valence-corrected chi connectivity index (χ3v) is 7.60. The predicted molar refractivity (Wildman–Crippen MR) is 118 cm³/mol. The molecule has 1 saturated carbocycles. The van der Waals surface area contributed by atoms with Crippen LogP contribution in [0.4, 0.5) is 0 Å². The third-order valence-electron chi connectivity index (χ3n) is 5.82. The van der Waals surface area contributed by atoms with E-state index in [2.05, 4.69) is 9.71 Å². The molecule has 1 amide bonds. The van der Waals surface area contributed by atoms with Gasteiger partial charge >= 0.3 is 0 Å². The fourth-order valence-corrected chi connectivity index (χ4v) is 5.72. The molecule has 2 N–H and O–H groups in total. The maximum atomic E-state index is 13.3. The minimum Gasteiger partial charge on any atom is -0.495 e. The first-order valence-electron chi connectivity index (χ1n) is 10.1. The molecule has 0 radical (unpaired) electrons. The maximum absolute atomic E-state index is 13.3. The first-order valence-corrected chi connectivity index (χ1v) is 12.0. The number of hydrogen-bond acceptors (Lipinski definition) is 4. The van der Waals surface area contributed by atoms with Crippen molar-refractivity contribution >= 4 is 38.4 Å². The van der Waals surface area contributed by atoms with E-state index in [1.54, 1.807) is 11.0 Å². The van der Waals surface area contributed by atoms with E-state index in [0.29, 0.717) is 30.1 Å². The number of benzene rings is 2. The highest BCUT2D eigenvalue weighted by Gasteiger charge is 2.31. The molecule has 5 rings (SSSR count). The number of methoxy groups -OCH3 is 1. The van der Waals surface area contributed by atoms with E-state index >= 15 is 0 Å². The fraction of sp³-hybridized carbons (Fsp3) is 0.318. The Morgan fingerprint density at radius 1 is 1.23 bits per heavy atom. The molecular weight excluding hydrogens is 438 g/mol. The van der Waals surface area contributed by atoms with Gasteiger partial charge in [-0.3, -0.25) is 4.79 Å². The molecule has 2 aliphatic rings. The zero-order chi connectivity index (χ0) is 21.8. The summed E-state index contributed by atoms with van der Waals surface area (Å²) in [7, 11) is -2.35. The predicted octanol–water partition coefficient (Wildman–Crippen LogP) is 3.47. The van der Waals surface area contributed by atoms with Gasteiger partial charge in [0.2, 0.25) is 10.0 Å². The van der Waals surface area contributed by atoms with Gasteiger partial charge in [0.05, 0.1) is 7.11 Å². The van der Waals surface area contributed by atoms with Gasteiger partial charge in [-0.2, -0.15) is 0 Å². The Balaban J connectivity index is 1.46. The number of amides is 1. The van der Waals surface area contributed by atoms with Crippen LogP contribution in [0.5, 0.6) is 5.75 Å². The minimum atomic E-state index is -3.77. The number of H-pyrrole nitrogens is 1. The van der Waals surface area contributed by atoms with E-state index in [0.717, 1.165) is 35.0 Å². The van der Waals surface area contributed by atoms with E-state index in [1.165, 1.54) is 19.2 Å². The summed E-state index contributed by atoms with van der Waals surface area (Å²) in [6, 6.07) is 10.2. The molecule has 3 aromatic rings. The Hall–Kier alpha value is -2.55. The van der Waals surface area contributed by atoms with Gasteiger partial charge in [-0.25, -0.2) is 13.1 Å². The molecule has 2 heterocycles. The van der Waals surface area contributed by atoms with Gasteiger partial charge in [-0.15, -0.1) is 0 Å². The normalized spacial score (nSPS) is 16.4. The van der Waals surface area contributed by atoms with E-state index in [9.17, 15) is 13.2 Å². The van der Waals surface area contributed by atoms with Crippen molar-refractivity contribution < 1.29 is 17.9 Å². The van der Waals surface area contributed by atoms with Crippen molar-refractivity contribution in [3.63, 3.8) is 0 Å².